The second-order valence-electron chi connectivity index (χ2n) is 3.15. The van der Waals surface area contributed by atoms with Gasteiger partial charge in [0.25, 0.3) is 11.8 Å². The summed E-state index contributed by atoms with van der Waals surface area (Å²) >= 11 is 0. The quantitative estimate of drug-likeness (QED) is 0.603. The molecule has 1 aliphatic heterocycles. The molecule has 2 heterocycles. The largest absolute Gasteiger partial charge is 0.365 e. The summed E-state index contributed by atoms with van der Waals surface area (Å²) in [6, 6.07) is 0. The number of nitrogens with zero attached hydrogens (tertiary/aromatic N) is 2. The van der Waals surface area contributed by atoms with Crippen LogP contribution in [0.4, 0.5) is 0 Å². The van der Waals surface area contributed by atoms with Crippen molar-refractivity contribution >= 4 is 11.8 Å². The lowest BCUT2D eigenvalue weighted by molar-refractivity contribution is 0.0910. The summed E-state index contributed by atoms with van der Waals surface area (Å²) < 4.78 is 1.52. The van der Waals surface area contributed by atoms with Crippen molar-refractivity contribution < 1.29 is 9.59 Å². The summed E-state index contributed by atoms with van der Waals surface area (Å²) in [7, 11) is 0. The van der Waals surface area contributed by atoms with Crippen LogP contribution in [0.3, 0.4) is 0 Å². The lowest BCUT2D eigenvalue weighted by atomic mass is 10.1. The predicted molar refractivity (Wildman–Crippen MR) is 47.8 cm³/mol. The van der Waals surface area contributed by atoms with Crippen molar-refractivity contribution in [2.45, 2.75) is 13.5 Å². The second-order valence-corrected chi connectivity index (χ2v) is 3.15. The van der Waals surface area contributed by atoms with Gasteiger partial charge in [-0.15, -0.1) is 0 Å². The maximum Gasteiger partial charge on any atom is 0.270 e. The molecule has 0 unspecified atom stereocenters. The van der Waals surface area contributed by atoms with Crippen LogP contribution >= 0.6 is 0 Å². The first-order valence-electron chi connectivity index (χ1n) is 4.26. The third-order valence-corrected chi connectivity index (χ3v) is 2.20. The highest BCUT2D eigenvalue weighted by Gasteiger charge is 2.27. The fourth-order valence-corrected chi connectivity index (χ4v) is 1.63. The second kappa shape index (κ2) is 2.83. The number of amides is 2. The Morgan fingerprint density at radius 3 is 3.00 bits per heavy atom. The molecule has 2 amide bonds. The minimum atomic E-state index is -0.610. The molecule has 0 saturated heterocycles. The van der Waals surface area contributed by atoms with Gasteiger partial charge in [0.15, 0.2) is 0 Å². The number of aromatic nitrogens is 2. The average Bonchev–Trinajstić information content (AvgIpc) is 2.42. The van der Waals surface area contributed by atoms with E-state index in [1.807, 2.05) is 0 Å². The Balaban J connectivity index is 2.65. The number of hydrogen-bond donors (Lipinski definition) is 2. The third kappa shape index (κ3) is 1.07. The summed E-state index contributed by atoms with van der Waals surface area (Å²) in [5.41, 5.74) is 6.18. The summed E-state index contributed by atoms with van der Waals surface area (Å²) in [6.07, 6.45) is 0. The summed E-state index contributed by atoms with van der Waals surface area (Å²) in [5, 5.41) is 6.72. The molecule has 2 rings (SSSR count). The fourth-order valence-electron chi connectivity index (χ4n) is 1.63. The van der Waals surface area contributed by atoms with Gasteiger partial charge < -0.3 is 11.1 Å². The maximum absolute atomic E-state index is 11.4. The van der Waals surface area contributed by atoms with Gasteiger partial charge in [0.05, 0.1) is 17.8 Å². The number of carbonyl (C=O) groups is 2. The van der Waals surface area contributed by atoms with Crippen molar-refractivity contribution in [3.8, 4) is 0 Å². The van der Waals surface area contributed by atoms with Gasteiger partial charge in [0, 0.05) is 6.54 Å². The Bertz CT molecular complexity index is 421. The molecule has 0 atom stereocenters. The molecule has 0 aliphatic carbocycles. The Labute approximate surface area is 80.1 Å². The van der Waals surface area contributed by atoms with Crippen LogP contribution in [-0.4, -0.2) is 28.1 Å². The smallest absolute Gasteiger partial charge is 0.270 e. The van der Waals surface area contributed by atoms with Gasteiger partial charge in [-0.3, -0.25) is 14.3 Å². The third-order valence-electron chi connectivity index (χ3n) is 2.20. The molecule has 6 nitrogen and oxygen atoms in total. The van der Waals surface area contributed by atoms with Crippen molar-refractivity contribution in [3.05, 3.63) is 17.0 Å². The van der Waals surface area contributed by atoms with Crippen LogP contribution in [0.1, 0.15) is 26.5 Å². The first kappa shape index (κ1) is 8.74. The van der Waals surface area contributed by atoms with Gasteiger partial charge in [0.1, 0.15) is 5.69 Å². The van der Waals surface area contributed by atoms with Gasteiger partial charge in [-0.25, -0.2) is 0 Å². The van der Waals surface area contributed by atoms with E-state index in [1.54, 1.807) is 6.92 Å². The Kier molecular flexibility index (Phi) is 1.77. The molecule has 1 aromatic rings. The SMILES string of the molecule is Cc1nn2c(c1C(N)=O)C(=O)NCC2. The lowest BCUT2D eigenvalue weighted by Gasteiger charge is -2.14. The van der Waals surface area contributed by atoms with Crippen LogP contribution in [0.15, 0.2) is 0 Å². The number of carbonyl (C=O) groups excluding carboxylic acids is 2. The molecule has 1 aliphatic rings. The lowest BCUT2D eigenvalue weighted by Crippen LogP contribution is -2.37. The molecular weight excluding hydrogens is 184 g/mol. The minimum absolute atomic E-state index is 0.224. The normalized spacial score (nSPS) is 14.8. The summed E-state index contributed by atoms with van der Waals surface area (Å²) in [4.78, 5) is 22.5. The number of nitrogens with two attached hydrogens (primary N) is 1. The Morgan fingerprint density at radius 2 is 2.36 bits per heavy atom. The molecule has 0 aromatic carbocycles. The van der Waals surface area contributed by atoms with E-state index >= 15 is 0 Å². The van der Waals surface area contributed by atoms with Crippen molar-refractivity contribution in [2.24, 2.45) is 5.73 Å². The van der Waals surface area contributed by atoms with Crippen LogP contribution in [0.25, 0.3) is 0 Å². The molecule has 0 fully saturated rings. The molecular formula is C8H10N4O2. The van der Waals surface area contributed by atoms with E-state index in [-0.39, 0.29) is 17.2 Å². The first-order chi connectivity index (χ1) is 6.61. The topological polar surface area (TPSA) is 90.0 Å². The zero-order valence-corrected chi connectivity index (χ0v) is 7.70. The zero-order chi connectivity index (χ0) is 10.3. The summed E-state index contributed by atoms with van der Waals surface area (Å²) in [5.74, 6) is -0.897. The molecule has 0 spiro atoms. The van der Waals surface area contributed by atoms with Gasteiger partial charge in [0.2, 0.25) is 0 Å². The maximum atomic E-state index is 11.4. The van der Waals surface area contributed by atoms with E-state index in [0.29, 0.717) is 18.8 Å². The van der Waals surface area contributed by atoms with E-state index in [9.17, 15) is 9.59 Å². The highest BCUT2D eigenvalue weighted by Crippen LogP contribution is 2.15. The Hall–Kier alpha value is -1.85. The first-order valence-corrected chi connectivity index (χ1v) is 4.26. The van der Waals surface area contributed by atoms with Gasteiger partial charge >= 0.3 is 0 Å². The van der Waals surface area contributed by atoms with Gasteiger partial charge in [-0.05, 0) is 6.92 Å². The highest BCUT2D eigenvalue weighted by atomic mass is 16.2. The Morgan fingerprint density at radius 1 is 1.64 bits per heavy atom. The number of nitrogens with one attached hydrogen (secondary N) is 1. The van der Waals surface area contributed by atoms with E-state index in [0.717, 1.165) is 0 Å². The number of aryl methyl sites for hydroxylation is 1. The van der Waals surface area contributed by atoms with Gasteiger partial charge in [-0.1, -0.05) is 0 Å². The molecule has 1 aromatic heterocycles. The van der Waals surface area contributed by atoms with E-state index in [2.05, 4.69) is 10.4 Å². The molecule has 0 radical (unpaired) electrons. The van der Waals surface area contributed by atoms with Crippen LogP contribution in [0, 0.1) is 6.92 Å². The molecule has 0 bridgehead atoms. The monoisotopic (exact) mass is 194 g/mol. The molecule has 74 valence electrons. The fraction of sp³-hybridized carbons (Fsp3) is 0.375. The van der Waals surface area contributed by atoms with E-state index < -0.39 is 5.91 Å². The highest BCUT2D eigenvalue weighted by molar-refractivity contribution is 6.06. The van der Waals surface area contributed by atoms with Crippen LogP contribution < -0.4 is 11.1 Å². The number of fused-ring (bicyclic) bond motifs is 1. The average molecular weight is 194 g/mol. The molecule has 14 heavy (non-hydrogen) atoms. The van der Waals surface area contributed by atoms with Crippen molar-refractivity contribution in [2.75, 3.05) is 6.54 Å². The number of rotatable bonds is 1. The van der Waals surface area contributed by atoms with Crippen LogP contribution in [0.2, 0.25) is 0 Å². The van der Waals surface area contributed by atoms with Crippen LogP contribution in [-0.2, 0) is 6.54 Å². The van der Waals surface area contributed by atoms with Crippen LogP contribution in [0.5, 0.6) is 0 Å². The summed E-state index contributed by atoms with van der Waals surface area (Å²) in [6.45, 7) is 2.78. The predicted octanol–water partition coefficient (Wildman–Crippen LogP) is -0.966. The molecule has 6 heteroatoms. The van der Waals surface area contributed by atoms with Gasteiger partial charge in [-0.2, -0.15) is 5.10 Å². The van der Waals surface area contributed by atoms with Crippen molar-refractivity contribution in [1.82, 2.24) is 15.1 Å². The zero-order valence-electron chi connectivity index (χ0n) is 7.70. The van der Waals surface area contributed by atoms with E-state index in [4.69, 9.17) is 5.73 Å². The molecule has 3 N–H and O–H groups in total. The standard InChI is InChI=1S/C8H10N4O2/c1-4-5(7(9)13)6-8(14)10-2-3-12(6)11-4/h2-3H2,1H3,(H2,9,13)(H,10,14). The van der Waals surface area contributed by atoms with Crippen molar-refractivity contribution in [1.29, 1.82) is 0 Å². The van der Waals surface area contributed by atoms with Crippen molar-refractivity contribution in [3.63, 3.8) is 0 Å². The number of hydrogen-bond acceptors (Lipinski definition) is 3. The van der Waals surface area contributed by atoms with E-state index in [1.165, 1.54) is 4.68 Å². The molecule has 0 saturated carbocycles. The minimum Gasteiger partial charge on any atom is -0.365 e. The number of primary amides is 1.